The van der Waals surface area contributed by atoms with Crippen molar-refractivity contribution < 1.29 is 19.2 Å². The SMILES string of the molecule is CC(C)(C)c1cc(C(=O)Cc2cc(C(=O)c3cc(C(C)(C)C)cc(C(C)(C)C)c3)cc(C3(c4cc(C(=O)c5cc(C(C)(C)C)cc(C(C)(C)C)c5)cc(C(=O)c5cc(C(C)(C)C)cc(C(C)(C)C)c5)c4)c4ccccc4-c4ccccc43)c2)cc(C(C)(C)C)c1. The van der Waals surface area contributed by atoms with Crippen LogP contribution in [-0.2, 0) is 55.2 Å². The van der Waals surface area contributed by atoms with E-state index in [1.54, 1.807) is 0 Å². The number of carbonyl (C=O) groups is 4. The van der Waals surface area contributed by atoms with Crippen molar-refractivity contribution in [3.63, 3.8) is 0 Å². The molecule has 4 heteroatoms. The predicted octanol–water partition coefficient (Wildman–Crippen LogP) is 21.5. The lowest BCUT2D eigenvalue weighted by Crippen LogP contribution is -2.30. The van der Waals surface area contributed by atoms with Crippen LogP contribution in [0.3, 0.4) is 0 Å². The predicted molar refractivity (Wildman–Crippen MR) is 377 cm³/mol. The molecule has 9 rings (SSSR count). The summed E-state index contributed by atoms with van der Waals surface area (Å²) in [6.45, 7) is 52.3. The maximum absolute atomic E-state index is 16.2. The summed E-state index contributed by atoms with van der Waals surface area (Å²) in [5, 5.41) is 0. The van der Waals surface area contributed by atoms with Gasteiger partial charge in [0.25, 0.3) is 0 Å². The fourth-order valence-corrected chi connectivity index (χ4v) is 12.6. The lowest BCUT2D eigenvalue weighted by atomic mass is 9.66. The highest BCUT2D eigenvalue weighted by molar-refractivity contribution is 6.14. The standard InChI is InChI=1S/C86H100O4/c1-78(2,3)60-37-53(38-61(48-60)79(4,5)6)74(87)35-52-33-54(75(88)57-39-62(80(7,8)9)49-63(40-57)81(10,11)12)45-68(34-52)86(72-31-27-25-29-70(72)71-30-26-28-32-73(71)86)69-46-55(76(89)58-41-64(82(13,14)15)50-65(42-58)83(16,17)18)36-56(47-69)77(90)59-43-66(84(19,20)21)51-67(44-59)85(22,23)24/h25-34,36-51H,35H2,1-24H3. The van der Waals surface area contributed by atoms with Gasteiger partial charge in [0.05, 0.1) is 5.41 Å². The number of Topliss-reactive ketones (excluding diaryl/α,β-unsaturated/α-hetero) is 1. The van der Waals surface area contributed by atoms with Crippen LogP contribution in [0.2, 0.25) is 0 Å². The zero-order valence-corrected chi connectivity index (χ0v) is 58.9. The summed E-state index contributed by atoms with van der Waals surface area (Å²) in [5.41, 5.74) is 14.5. The Morgan fingerprint density at radius 2 is 0.500 bits per heavy atom. The summed E-state index contributed by atoms with van der Waals surface area (Å²) in [6.07, 6.45) is 0.00264. The van der Waals surface area contributed by atoms with E-state index < -0.39 is 5.41 Å². The van der Waals surface area contributed by atoms with Gasteiger partial charge in [-0.2, -0.15) is 0 Å². The van der Waals surface area contributed by atoms with E-state index in [0.717, 1.165) is 72.3 Å². The van der Waals surface area contributed by atoms with E-state index in [-0.39, 0.29) is 72.9 Å². The maximum Gasteiger partial charge on any atom is 0.193 e. The first-order chi connectivity index (χ1) is 41.3. The highest BCUT2D eigenvalue weighted by Gasteiger charge is 2.47. The Kier molecular flexibility index (Phi) is 17.1. The van der Waals surface area contributed by atoms with Crippen LogP contribution < -0.4 is 0 Å². The smallest absolute Gasteiger partial charge is 0.193 e. The lowest BCUT2D eigenvalue weighted by molar-refractivity contribution is 0.0988. The second-order valence-corrected chi connectivity index (χ2v) is 34.3. The zero-order valence-electron chi connectivity index (χ0n) is 58.9. The van der Waals surface area contributed by atoms with Gasteiger partial charge in [-0.3, -0.25) is 19.2 Å². The molecule has 0 heterocycles. The van der Waals surface area contributed by atoms with Gasteiger partial charge in [0.15, 0.2) is 23.1 Å². The largest absolute Gasteiger partial charge is 0.294 e. The van der Waals surface area contributed by atoms with E-state index in [0.29, 0.717) is 50.1 Å². The molecule has 0 saturated heterocycles. The van der Waals surface area contributed by atoms with Crippen LogP contribution in [0.15, 0.2) is 158 Å². The highest BCUT2D eigenvalue weighted by atomic mass is 16.1. The molecule has 0 unspecified atom stereocenters. The summed E-state index contributed by atoms with van der Waals surface area (Å²) < 4.78 is 0. The summed E-state index contributed by atoms with van der Waals surface area (Å²) in [6, 6.07) is 54.0. The highest BCUT2D eigenvalue weighted by Crippen LogP contribution is 2.57. The molecule has 0 radical (unpaired) electrons. The van der Waals surface area contributed by atoms with Crippen molar-refractivity contribution in [2.45, 2.75) is 221 Å². The summed E-state index contributed by atoms with van der Waals surface area (Å²) in [5.74, 6) is -0.630. The molecule has 0 saturated carbocycles. The van der Waals surface area contributed by atoms with Crippen LogP contribution >= 0.6 is 0 Å². The van der Waals surface area contributed by atoms with E-state index in [2.05, 4.69) is 257 Å². The number of fused-ring (bicyclic) bond motifs is 3. The van der Waals surface area contributed by atoms with Gasteiger partial charge < -0.3 is 0 Å². The molecule has 4 nitrogen and oxygen atoms in total. The van der Waals surface area contributed by atoms with Gasteiger partial charge in [0.2, 0.25) is 0 Å². The van der Waals surface area contributed by atoms with Crippen LogP contribution in [0.5, 0.6) is 0 Å². The average Bonchev–Trinajstić information content (AvgIpc) is 1.50. The Hall–Kier alpha value is -7.56. The minimum Gasteiger partial charge on any atom is -0.294 e. The molecular weight excluding hydrogens is 1100 g/mol. The van der Waals surface area contributed by atoms with Crippen molar-refractivity contribution in [2.75, 3.05) is 0 Å². The number of hydrogen-bond acceptors (Lipinski definition) is 4. The van der Waals surface area contributed by atoms with Crippen molar-refractivity contribution in [3.05, 3.63) is 269 Å². The molecule has 0 N–H and O–H groups in total. The van der Waals surface area contributed by atoms with Gasteiger partial charge in [-0.05, 0) is 206 Å². The Balaban J connectivity index is 1.43. The first kappa shape index (κ1) is 66.8. The minimum absolute atomic E-state index is 0.00264. The molecule has 0 bridgehead atoms. The van der Waals surface area contributed by atoms with Gasteiger partial charge in [-0.1, -0.05) is 245 Å². The first-order valence-electron chi connectivity index (χ1n) is 32.6. The van der Waals surface area contributed by atoms with E-state index in [1.807, 2.05) is 66.7 Å². The molecule has 0 atom stereocenters. The fraction of sp³-hybridized carbons (Fsp3) is 0.395. The third-order valence-electron chi connectivity index (χ3n) is 18.7. The molecule has 1 aliphatic carbocycles. The van der Waals surface area contributed by atoms with Crippen molar-refractivity contribution in [2.24, 2.45) is 0 Å². The monoisotopic (exact) mass is 1200 g/mol. The third kappa shape index (κ3) is 13.4. The van der Waals surface area contributed by atoms with Crippen LogP contribution in [-0.4, -0.2) is 23.1 Å². The van der Waals surface area contributed by atoms with Gasteiger partial charge in [-0.25, -0.2) is 0 Å². The maximum atomic E-state index is 16.2. The zero-order chi connectivity index (χ0) is 66.6. The Morgan fingerprint density at radius 3 is 0.778 bits per heavy atom. The molecule has 0 amide bonds. The Morgan fingerprint density at radius 1 is 0.267 bits per heavy atom. The molecule has 0 fully saturated rings. The molecule has 1 aliphatic rings. The number of hydrogen-bond donors (Lipinski definition) is 0. The number of carbonyl (C=O) groups excluding carboxylic acids is 4. The summed E-state index contributed by atoms with van der Waals surface area (Å²) in [4.78, 5) is 64.0. The summed E-state index contributed by atoms with van der Waals surface area (Å²) >= 11 is 0. The van der Waals surface area contributed by atoms with Crippen LogP contribution in [0.25, 0.3) is 11.1 Å². The third-order valence-corrected chi connectivity index (χ3v) is 18.7. The number of benzene rings is 8. The Labute approximate surface area is 540 Å². The van der Waals surface area contributed by atoms with E-state index in [9.17, 15) is 0 Å². The lowest BCUT2D eigenvalue weighted by Gasteiger charge is -2.35. The summed E-state index contributed by atoms with van der Waals surface area (Å²) in [7, 11) is 0. The van der Waals surface area contributed by atoms with Crippen LogP contribution in [0.4, 0.5) is 0 Å². The van der Waals surface area contributed by atoms with Gasteiger partial charge >= 0.3 is 0 Å². The quantitative estimate of drug-likeness (QED) is 0.121. The topological polar surface area (TPSA) is 68.3 Å². The normalized spacial score (nSPS) is 13.9. The second-order valence-electron chi connectivity index (χ2n) is 34.3. The molecule has 8 aromatic rings. The number of ketones is 4. The minimum atomic E-state index is -1.25. The second kappa shape index (κ2) is 23.0. The van der Waals surface area contributed by atoms with Gasteiger partial charge in [0.1, 0.15) is 0 Å². The molecule has 0 aromatic heterocycles. The van der Waals surface area contributed by atoms with E-state index >= 15 is 19.2 Å². The molecule has 8 aromatic carbocycles. The van der Waals surface area contributed by atoms with Crippen molar-refractivity contribution in [1.29, 1.82) is 0 Å². The van der Waals surface area contributed by atoms with E-state index in [4.69, 9.17) is 0 Å². The van der Waals surface area contributed by atoms with E-state index in [1.165, 1.54) is 0 Å². The molecule has 0 aliphatic heterocycles. The first-order valence-corrected chi connectivity index (χ1v) is 32.6. The molecule has 468 valence electrons. The molecule has 0 spiro atoms. The van der Waals surface area contributed by atoms with Gasteiger partial charge in [0, 0.05) is 45.4 Å². The number of rotatable bonds is 11. The van der Waals surface area contributed by atoms with Crippen LogP contribution in [0.1, 0.15) is 297 Å². The average molecular weight is 1200 g/mol. The van der Waals surface area contributed by atoms with Crippen molar-refractivity contribution in [3.8, 4) is 11.1 Å². The molecule has 90 heavy (non-hydrogen) atoms. The molecular formula is C86H100O4. The van der Waals surface area contributed by atoms with Gasteiger partial charge in [-0.15, -0.1) is 0 Å². The van der Waals surface area contributed by atoms with Crippen molar-refractivity contribution in [1.82, 2.24) is 0 Å². The fourth-order valence-electron chi connectivity index (χ4n) is 12.6. The van der Waals surface area contributed by atoms with Crippen molar-refractivity contribution >= 4 is 23.1 Å². The van der Waals surface area contributed by atoms with Crippen LogP contribution in [0, 0.1) is 0 Å². The Bertz CT molecular complexity index is 3890.